The first-order valence-electron chi connectivity index (χ1n) is 8.65. The van der Waals surface area contributed by atoms with E-state index in [0.29, 0.717) is 19.4 Å². The number of rotatable bonds is 5. The van der Waals surface area contributed by atoms with Gasteiger partial charge in [0.25, 0.3) is 0 Å². The van der Waals surface area contributed by atoms with Crippen LogP contribution in [0.3, 0.4) is 0 Å². The van der Waals surface area contributed by atoms with Crippen LogP contribution >= 0.6 is 23.7 Å². The van der Waals surface area contributed by atoms with Crippen molar-refractivity contribution in [2.45, 2.75) is 38.9 Å². The molecule has 4 rings (SSSR count). The fourth-order valence-corrected chi connectivity index (χ4v) is 4.00. The minimum absolute atomic E-state index is 0. The van der Waals surface area contributed by atoms with Crippen LogP contribution in [0.15, 0.2) is 30.3 Å². The Morgan fingerprint density at radius 2 is 2.23 bits per heavy atom. The van der Waals surface area contributed by atoms with Gasteiger partial charge < -0.3 is 10.6 Å². The summed E-state index contributed by atoms with van der Waals surface area (Å²) in [7, 11) is 0. The molecule has 6 nitrogen and oxygen atoms in total. The van der Waals surface area contributed by atoms with Crippen LogP contribution in [0.1, 0.15) is 29.2 Å². The number of thiazole rings is 1. The van der Waals surface area contributed by atoms with Crippen molar-refractivity contribution in [2.75, 3.05) is 6.54 Å². The Morgan fingerprint density at radius 3 is 3.12 bits per heavy atom. The highest BCUT2D eigenvalue weighted by atomic mass is 35.5. The highest BCUT2D eigenvalue weighted by Crippen LogP contribution is 2.22. The second-order valence-corrected chi connectivity index (χ2v) is 7.35. The fourth-order valence-electron chi connectivity index (χ4n) is 3.03. The van der Waals surface area contributed by atoms with Crippen molar-refractivity contribution in [1.29, 1.82) is 0 Å². The lowest BCUT2D eigenvalue weighted by Gasteiger charge is -2.02. The molecule has 2 aromatic heterocycles. The molecule has 2 N–H and O–H groups in total. The highest BCUT2D eigenvalue weighted by Gasteiger charge is 2.12. The van der Waals surface area contributed by atoms with Crippen LogP contribution in [-0.2, 0) is 30.8 Å². The van der Waals surface area contributed by atoms with Crippen LogP contribution < -0.4 is 10.6 Å². The minimum atomic E-state index is 0. The monoisotopic (exact) mass is 391 g/mol. The number of para-hydroxylation sites is 1. The third kappa shape index (κ3) is 4.41. The van der Waals surface area contributed by atoms with Gasteiger partial charge in [-0.05, 0) is 31.2 Å². The van der Waals surface area contributed by atoms with Crippen molar-refractivity contribution in [3.63, 3.8) is 0 Å². The number of amides is 1. The second-order valence-electron chi connectivity index (χ2n) is 6.23. The summed E-state index contributed by atoms with van der Waals surface area (Å²) >= 11 is 1.66. The molecule has 1 aliphatic rings. The molecule has 0 saturated carbocycles. The van der Waals surface area contributed by atoms with Crippen molar-refractivity contribution in [3.05, 3.63) is 46.7 Å². The molecule has 0 bridgehead atoms. The standard InChI is InChI=1S/C18H21N5OS.ClH/c24-17(6-7-18-21-15-4-1-2-5-16(15)25-18)20-11-13-10-14-12-19-8-3-9-23(14)22-13;/h1-2,4-5,10,19H,3,6-9,11-12H2,(H,20,24);1H. The summed E-state index contributed by atoms with van der Waals surface area (Å²) in [6.07, 6.45) is 2.21. The number of nitrogens with zero attached hydrogens (tertiary/aromatic N) is 3. The largest absolute Gasteiger partial charge is 0.350 e. The summed E-state index contributed by atoms with van der Waals surface area (Å²) in [5.41, 5.74) is 3.12. The van der Waals surface area contributed by atoms with Gasteiger partial charge in [0.1, 0.15) is 0 Å². The highest BCUT2D eigenvalue weighted by molar-refractivity contribution is 7.18. The van der Waals surface area contributed by atoms with Crippen LogP contribution in [0.2, 0.25) is 0 Å². The Labute approximate surface area is 162 Å². The Kier molecular flexibility index (Phi) is 6.24. The molecule has 3 heterocycles. The molecule has 0 aliphatic carbocycles. The molecule has 0 fully saturated rings. The average Bonchev–Trinajstić information content (AvgIpc) is 3.15. The number of aromatic nitrogens is 3. The minimum Gasteiger partial charge on any atom is -0.350 e. The predicted molar refractivity (Wildman–Crippen MR) is 106 cm³/mol. The summed E-state index contributed by atoms with van der Waals surface area (Å²) in [6.45, 7) is 3.30. The zero-order valence-corrected chi connectivity index (χ0v) is 16.0. The number of benzene rings is 1. The smallest absolute Gasteiger partial charge is 0.220 e. The molecule has 1 amide bonds. The molecule has 8 heteroatoms. The van der Waals surface area contributed by atoms with E-state index in [-0.39, 0.29) is 18.3 Å². The van der Waals surface area contributed by atoms with Crippen LogP contribution in [-0.4, -0.2) is 27.2 Å². The molecule has 138 valence electrons. The maximum Gasteiger partial charge on any atom is 0.220 e. The molecule has 26 heavy (non-hydrogen) atoms. The Bertz CT molecular complexity index is 834. The molecule has 0 saturated heterocycles. The van der Waals surface area contributed by atoms with E-state index in [1.54, 1.807) is 11.3 Å². The van der Waals surface area contributed by atoms with Crippen molar-refractivity contribution in [1.82, 2.24) is 25.4 Å². The van der Waals surface area contributed by atoms with Crippen molar-refractivity contribution in [3.8, 4) is 0 Å². The summed E-state index contributed by atoms with van der Waals surface area (Å²) < 4.78 is 3.22. The lowest BCUT2D eigenvalue weighted by Crippen LogP contribution is -2.23. The number of aryl methyl sites for hydroxylation is 2. The molecular formula is C18H22ClN5OS. The molecule has 0 spiro atoms. The molecule has 0 radical (unpaired) electrons. The molecule has 3 aromatic rings. The summed E-state index contributed by atoms with van der Waals surface area (Å²) in [5, 5.41) is 11.9. The zero-order valence-electron chi connectivity index (χ0n) is 14.4. The maximum atomic E-state index is 12.1. The number of hydrogen-bond donors (Lipinski definition) is 2. The molecule has 1 aromatic carbocycles. The first-order chi connectivity index (χ1) is 12.3. The molecule has 1 aliphatic heterocycles. The number of carbonyl (C=O) groups excluding carboxylic acids is 1. The van der Waals surface area contributed by atoms with E-state index < -0.39 is 0 Å². The van der Waals surface area contributed by atoms with Gasteiger partial charge in [0.05, 0.1) is 33.2 Å². The topological polar surface area (TPSA) is 71.8 Å². The lowest BCUT2D eigenvalue weighted by molar-refractivity contribution is -0.121. The predicted octanol–water partition coefficient (Wildman–Crippen LogP) is 2.66. The molecule has 0 atom stereocenters. The number of nitrogens with one attached hydrogen (secondary N) is 2. The van der Waals surface area contributed by atoms with Crippen molar-refractivity contribution in [2.24, 2.45) is 0 Å². The van der Waals surface area contributed by atoms with E-state index >= 15 is 0 Å². The van der Waals surface area contributed by atoms with Gasteiger partial charge in [0, 0.05) is 25.9 Å². The van der Waals surface area contributed by atoms with Crippen LogP contribution in [0.25, 0.3) is 10.2 Å². The normalized spacial score (nSPS) is 13.7. The molecule has 0 unspecified atom stereocenters. The summed E-state index contributed by atoms with van der Waals surface area (Å²) in [5.74, 6) is 0.0422. The number of carbonyl (C=O) groups is 1. The van der Waals surface area contributed by atoms with E-state index in [1.807, 2.05) is 22.9 Å². The van der Waals surface area contributed by atoms with Gasteiger partial charge in [-0.15, -0.1) is 23.7 Å². The Hall–Kier alpha value is -1.96. The van der Waals surface area contributed by atoms with Crippen molar-refractivity contribution >= 4 is 39.9 Å². The zero-order chi connectivity index (χ0) is 17.1. The van der Waals surface area contributed by atoms with Gasteiger partial charge in [-0.25, -0.2) is 4.98 Å². The summed E-state index contributed by atoms with van der Waals surface area (Å²) in [4.78, 5) is 16.7. The SMILES string of the molecule is Cl.O=C(CCc1nc2ccccc2s1)NCc1cc2n(n1)CCCNC2. The van der Waals surface area contributed by atoms with Gasteiger partial charge >= 0.3 is 0 Å². The maximum absolute atomic E-state index is 12.1. The van der Waals surface area contributed by atoms with Crippen LogP contribution in [0.4, 0.5) is 0 Å². The number of fused-ring (bicyclic) bond motifs is 2. The number of halogens is 1. The van der Waals surface area contributed by atoms with E-state index in [4.69, 9.17) is 0 Å². The van der Waals surface area contributed by atoms with E-state index in [1.165, 1.54) is 10.4 Å². The average molecular weight is 392 g/mol. The quantitative estimate of drug-likeness (QED) is 0.701. The first kappa shape index (κ1) is 18.8. The van der Waals surface area contributed by atoms with Gasteiger partial charge in [0.2, 0.25) is 5.91 Å². The van der Waals surface area contributed by atoms with E-state index in [2.05, 4.69) is 32.8 Å². The number of hydrogen-bond acceptors (Lipinski definition) is 5. The summed E-state index contributed by atoms with van der Waals surface area (Å²) in [6, 6.07) is 10.1. The third-order valence-corrected chi connectivity index (χ3v) is 5.41. The van der Waals surface area contributed by atoms with Gasteiger partial charge in [-0.1, -0.05) is 12.1 Å². The second kappa shape index (κ2) is 8.62. The van der Waals surface area contributed by atoms with Crippen molar-refractivity contribution < 1.29 is 4.79 Å². The van der Waals surface area contributed by atoms with E-state index in [0.717, 1.165) is 42.3 Å². The van der Waals surface area contributed by atoms with Gasteiger partial charge in [-0.2, -0.15) is 5.10 Å². The third-order valence-electron chi connectivity index (χ3n) is 4.31. The van der Waals surface area contributed by atoms with Gasteiger partial charge in [0.15, 0.2) is 0 Å². The Morgan fingerprint density at radius 1 is 1.35 bits per heavy atom. The first-order valence-corrected chi connectivity index (χ1v) is 9.47. The van der Waals surface area contributed by atoms with Crippen LogP contribution in [0.5, 0.6) is 0 Å². The lowest BCUT2D eigenvalue weighted by atomic mass is 10.3. The van der Waals surface area contributed by atoms with Gasteiger partial charge in [-0.3, -0.25) is 9.48 Å². The molecular weight excluding hydrogens is 370 g/mol. The fraction of sp³-hybridized carbons (Fsp3) is 0.389. The van der Waals surface area contributed by atoms with Crippen LogP contribution in [0, 0.1) is 0 Å². The van der Waals surface area contributed by atoms with E-state index in [9.17, 15) is 4.79 Å². The Balaban J connectivity index is 0.00000196.